The molecule has 0 aromatic heterocycles. The zero-order valence-corrected chi connectivity index (χ0v) is 17.5. The first-order valence-corrected chi connectivity index (χ1v) is 9.36. The molecule has 0 spiro atoms. The van der Waals surface area contributed by atoms with Crippen molar-refractivity contribution < 1.29 is 24.2 Å². The molecule has 1 fully saturated rings. The van der Waals surface area contributed by atoms with Gasteiger partial charge < -0.3 is 9.84 Å². The van der Waals surface area contributed by atoms with Crippen LogP contribution >= 0.6 is 22.6 Å². The van der Waals surface area contributed by atoms with Gasteiger partial charge in [0.2, 0.25) is 0 Å². The first-order valence-electron chi connectivity index (χ1n) is 8.28. The summed E-state index contributed by atoms with van der Waals surface area (Å²) < 4.78 is 5.61. The van der Waals surface area contributed by atoms with Gasteiger partial charge in [0.25, 0.3) is 11.8 Å². The number of aryl methyl sites for hydroxylation is 2. The van der Waals surface area contributed by atoms with E-state index in [1.807, 2.05) is 35.6 Å². The van der Waals surface area contributed by atoms with Gasteiger partial charge >= 0.3 is 6.03 Å². The Hall–Kier alpha value is -2.88. The lowest BCUT2D eigenvalue weighted by Crippen LogP contribution is -2.54. The van der Waals surface area contributed by atoms with E-state index in [9.17, 15) is 19.5 Å². The van der Waals surface area contributed by atoms with Crippen molar-refractivity contribution >= 4 is 52.2 Å². The normalized spacial score (nSPS) is 15.8. The van der Waals surface area contributed by atoms with Gasteiger partial charge in [0.05, 0.1) is 16.4 Å². The van der Waals surface area contributed by atoms with E-state index in [-0.39, 0.29) is 17.1 Å². The lowest BCUT2D eigenvalue weighted by atomic mass is 10.0. The minimum atomic E-state index is -0.793. The SMILES string of the molecule is COc1cc(/C=C2\C(=O)NC(=O)N(c3cc(C)ccc3C)C2=O)cc(I)c1O. The monoisotopic (exact) mass is 492 g/mol. The molecule has 144 valence electrons. The fourth-order valence-electron chi connectivity index (χ4n) is 2.84. The van der Waals surface area contributed by atoms with Gasteiger partial charge in [-0.15, -0.1) is 0 Å². The van der Waals surface area contributed by atoms with Crippen molar-refractivity contribution in [1.82, 2.24) is 5.32 Å². The second kappa shape index (κ2) is 7.63. The standard InChI is InChI=1S/C20H17IN2O5/c1-10-4-5-11(2)15(6-10)23-19(26)13(18(25)22-20(23)27)7-12-8-14(21)17(24)16(9-12)28-3/h4-9,24H,1-3H3,(H,22,25,27)/b13-7+. The number of phenolic OH excluding ortho intramolecular Hbond substituents is 1. The fourth-order valence-corrected chi connectivity index (χ4v) is 3.46. The smallest absolute Gasteiger partial charge is 0.335 e. The molecule has 0 unspecified atom stereocenters. The van der Waals surface area contributed by atoms with Gasteiger partial charge in [-0.3, -0.25) is 14.9 Å². The van der Waals surface area contributed by atoms with Crippen LogP contribution in [0.1, 0.15) is 16.7 Å². The molecule has 2 aromatic carbocycles. The molecule has 0 bridgehead atoms. The molecule has 0 radical (unpaired) electrons. The number of benzene rings is 2. The molecule has 3 rings (SSSR count). The van der Waals surface area contributed by atoms with Gasteiger partial charge in [0.1, 0.15) is 5.57 Å². The van der Waals surface area contributed by atoms with Crippen LogP contribution < -0.4 is 15.0 Å². The number of carbonyl (C=O) groups excluding carboxylic acids is 3. The summed E-state index contributed by atoms with van der Waals surface area (Å²) in [6.45, 7) is 3.63. The number of halogens is 1. The van der Waals surface area contributed by atoms with Crippen molar-refractivity contribution in [2.45, 2.75) is 13.8 Å². The highest BCUT2D eigenvalue weighted by Crippen LogP contribution is 2.33. The van der Waals surface area contributed by atoms with Crippen LogP contribution in [0.2, 0.25) is 0 Å². The van der Waals surface area contributed by atoms with Crippen LogP contribution in [0.4, 0.5) is 10.5 Å². The third-order valence-electron chi connectivity index (χ3n) is 4.29. The van der Waals surface area contributed by atoms with Crippen molar-refractivity contribution in [3.05, 3.63) is 56.2 Å². The molecule has 0 aliphatic carbocycles. The Bertz CT molecular complexity index is 1050. The van der Waals surface area contributed by atoms with Gasteiger partial charge in [-0.1, -0.05) is 12.1 Å². The minimum Gasteiger partial charge on any atom is -0.504 e. The molecule has 4 amide bonds. The summed E-state index contributed by atoms with van der Waals surface area (Å²) >= 11 is 1.92. The lowest BCUT2D eigenvalue weighted by Gasteiger charge is -2.27. The topological polar surface area (TPSA) is 95.9 Å². The summed E-state index contributed by atoms with van der Waals surface area (Å²) in [7, 11) is 1.40. The van der Waals surface area contributed by atoms with E-state index in [1.165, 1.54) is 19.3 Å². The van der Waals surface area contributed by atoms with Crippen LogP contribution in [0.25, 0.3) is 6.08 Å². The number of anilines is 1. The molecule has 0 atom stereocenters. The number of rotatable bonds is 3. The van der Waals surface area contributed by atoms with Crippen LogP contribution in [-0.4, -0.2) is 30.1 Å². The summed E-state index contributed by atoms with van der Waals surface area (Å²) in [5, 5.41) is 12.2. The third kappa shape index (κ3) is 3.59. The van der Waals surface area contributed by atoms with E-state index in [1.54, 1.807) is 25.1 Å². The maximum Gasteiger partial charge on any atom is 0.335 e. The summed E-state index contributed by atoms with van der Waals surface area (Å²) in [6.07, 6.45) is 1.37. The number of nitrogens with zero attached hydrogens (tertiary/aromatic N) is 1. The second-order valence-electron chi connectivity index (χ2n) is 6.30. The molecule has 1 saturated heterocycles. The van der Waals surface area contributed by atoms with Gasteiger partial charge in [-0.2, -0.15) is 0 Å². The number of aromatic hydroxyl groups is 1. The number of barbiturate groups is 1. The number of nitrogens with one attached hydrogen (secondary N) is 1. The number of urea groups is 1. The molecule has 7 nitrogen and oxygen atoms in total. The summed E-state index contributed by atoms with van der Waals surface area (Å²) in [6, 6.07) is 7.70. The molecule has 0 saturated carbocycles. The predicted molar refractivity (Wildman–Crippen MR) is 112 cm³/mol. The van der Waals surface area contributed by atoms with Crippen LogP contribution in [0.5, 0.6) is 11.5 Å². The quantitative estimate of drug-likeness (QED) is 0.390. The molecule has 1 heterocycles. The molecule has 1 aliphatic rings. The highest BCUT2D eigenvalue weighted by molar-refractivity contribution is 14.1. The predicted octanol–water partition coefficient (Wildman–Crippen LogP) is 3.29. The minimum absolute atomic E-state index is 0.0307. The van der Waals surface area contributed by atoms with Gasteiger partial charge in [-0.05, 0) is 77.4 Å². The van der Waals surface area contributed by atoms with Crippen molar-refractivity contribution in [3.63, 3.8) is 0 Å². The first kappa shape index (κ1) is 19.9. The number of amides is 4. The summed E-state index contributed by atoms with van der Waals surface area (Å²) in [5.74, 6) is -1.31. The molecule has 8 heteroatoms. The van der Waals surface area contributed by atoms with Crippen LogP contribution in [0.15, 0.2) is 35.9 Å². The van der Waals surface area contributed by atoms with Crippen LogP contribution in [-0.2, 0) is 9.59 Å². The van der Waals surface area contributed by atoms with E-state index in [0.29, 0.717) is 14.8 Å². The summed E-state index contributed by atoms with van der Waals surface area (Å²) in [4.78, 5) is 38.7. The highest BCUT2D eigenvalue weighted by Gasteiger charge is 2.37. The van der Waals surface area contributed by atoms with E-state index in [4.69, 9.17) is 4.74 Å². The molecule has 1 aliphatic heterocycles. The zero-order valence-electron chi connectivity index (χ0n) is 15.4. The fraction of sp³-hybridized carbons (Fsp3) is 0.150. The van der Waals surface area contributed by atoms with E-state index >= 15 is 0 Å². The molecular weight excluding hydrogens is 475 g/mol. The van der Waals surface area contributed by atoms with Crippen LogP contribution in [0, 0.1) is 17.4 Å². The summed E-state index contributed by atoms with van der Waals surface area (Å²) in [5.41, 5.74) is 2.31. The number of methoxy groups -OCH3 is 1. The Morgan fingerprint density at radius 3 is 2.54 bits per heavy atom. The van der Waals surface area contributed by atoms with Crippen molar-refractivity contribution in [3.8, 4) is 11.5 Å². The number of hydrogen-bond donors (Lipinski definition) is 2. The number of phenols is 1. The number of carbonyl (C=O) groups is 3. The Morgan fingerprint density at radius 1 is 1.14 bits per heavy atom. The van der Waals surface area contributed by atoms with Gasteiger partial charge in [0, 0.05) is 0 Å². The first-order chi connectivity index (χ1) is 13.2. The van der Waals surface area contributed by atoms with Gasteiger partial charge in [-0.25, -0.2) is 9.69 Å². The zero-order chi connectivity index (χ0) is 20.6. The van der Waals surface area contributed by atoms with E-state index in [2.05, 4.69) is 5.32 Å². The Kier molecular flexibility index (Phi) is 5.41. The second-order valence-corrected chi connectivity index (χ2v) is 7.46. The Labute approximate surface area is 175 Å². The van der Waals surface area contributed by atoms with Crippen molar-refractivity contribution in [1.29, 1.82) is 0 Å². The lowest BCUT2D eigenvalue weighted by molar-refractivity contribution is -0.122. The van der Waals surface area contributed by atoms with Crippen molar-refractivity contribution in [2.24, 2.45) is 0 Å². The average molecular weight is 492 g/mol. The number of imide groups is 2. The maximum absolute atomic E-state index is 13.0. The molecule has 28 heavy (non-hydrogen) atoms. The van der Waals surface area contributed by atoms with Gasteiger partial charge in [0.15, 0.2) is 11.5 Å². The largest absolute Gasteiger partial charge is 0.504 e. The third-order valence-corrected chi connectivity index (χ3v) is 5.11. The Morgan fingerprint density at radius 2 is 1.86 bits per heavy atom. The van der Waals surface area contributed by atoms with Crippen LogP contribution in [0.3, 0.4) is 0 Å². The van der Waals surface area contributed by atoms with E-state index < -0.39 is 17.8 Å². The van der Waals surface area contributed by atoms with E-state index in [0.717, 1.165) is 16.0 Å². The molecular formula is C20H17IN2O5. The Balaban J connectivity index is 2.09. The van der Waals surface area contributed by atoms with Crippen molar-refractivity contribution in [2.75, 3.05) is 12.0 Å². The maximum atomic E-state index is 13.0. The molecule has 2 aromatic rings. The number of hydrogen-bond acceptors (Lipinski definition) is 5. The highest BCUT2D eigenvalue weighted by atomic mass is 127. The molecule has 2 N–H and O–H groups in total. The average Bonchev–Trinajstić information content (AvgIpc) is 2.64. The number of ether oxygens (including phenoxy) is 1.